The van der Waals surface area contributed by atoms with Crippen molar-refractivity contribution < 1.29 is 13.2 Å². The van der Waals surface area contributed by atoms with Gasteiger partial charge in [0.2, 0.25) is 6.08 Å². The van der Waals surface area contributed by atoms with Gasteiger partial charge in [0, 0.05) is 0 Å². The zero-order chi connectivity index (χ0) is 11.8. The van der Waals surface area contributed by atoms with Gasteiger partial charge in [0.05, 0.1) is 5.75 Å². The van der Waals surface area contributed by atoms with Crippen LogP contribution >= 0.6 is 0 Å². The van der Waals surface area contributed by atoms with Crippen molar-refractivity contribution in [1.82, 2.24) is 0 Å². The molecule has 2 bridgehead atoms. The minimum atomic E-state index is -3.28. The summed E-state index contributed by atoms with van der Waals surface area (Å²) in [6, 6.07) is 0. The Kier molecular flexibility index (Phi) is 2.93. The lowest BCUT2D eigenvalue weighted by Gasteiger charge is -2.26. The fourth-order valence-corrected chi connectivity index (χ4v) is 4.92. The first-order valence-electron chi connectivity index (χ1n) is 5.76. The van der Waals surface area contributed by atoms with Crippen molar-refractivity contribution in [2.24, 2.45) is 16.3 Å². The first-order chi connectivity index (χ1) is 7.47. The summed E-state index contributed by atoms with van der Waals surface area (Å²) in [7, 11) is -3.28. The molecule has 0 aromatic heterocycles. The Bertz CT molecular complexity index is 415. The maximum absolute atomic E-state index is 12.0. The van der Waals surface area contributed by atoms with Crippen LogP contribution in [0.2, 0.25) is 0 Å². The van der Waals surface area contributed by atoms with Crippen LogP contribution in [0.25, 0.3) is 0 Å². The lowest BCUT2D eigenvalue weighted by Crippen LogP contribution is -2.30. The van der Waals surface area contributed by atoms with Gasteiger partial charge in [-0.3, -0.25) is 0 Å². The van der Waals surface area contributed by atoms with E-state index < -0.39 is 15.2 Å². The quantitative estimate of drug-likeness (QED) is 0.557. The molecule has 1 unspecified atom stereocenters. The standard InChI is InChI=1S/C11H17NO3S/c1-9(12-8-13)16(14,15)7-11-4-2-10(6-11)3-5-11/h9-10H,2-7H2,1H3. The molecule has 0 amide bonds. The van der Waals surface area contributed by atoms with Gasteiger partial charge in [-0.15, -0.1) is 0 Å². The molecule has 0 N–H and O–H groups in total. The SMILES string of the molecule is CC(N=C=O)S(=O)(=O)CC12CCC(CC1)C2. The molecular weight excluding hydrogens is 226 g/mol. The lowest BCUT2D eigenvalue weighted by molar-refractivity contribution is 0.333. The molecular formula is C11H17NO3S. The van der Waals surface area contributed by atoms with Gasteiger partial charge in [-0.05, 0) is 50.4 Å². The van der Waals surface area contributed by atoms with Gasteiger partial charge >= 0.3 is 0 Å². The van der Waals surface area contributed by atoms with Crippen LogP contribution in [0.3, 0.4) is 0 Å². The van der Waals surface area contributed by atoms with E-state index in [-0.39, 0.29) is 11.2 Å². The monoisotopic (exact) mass is 243 g/mol. The Labute approximate surface area is 96.1 Å². The van der Waals surface area contributed by atoms with Gasteiger partial charge in [0.25, 0.3) is 0 Å². The van der Waals surface area contributed by atoms with E-state index in [9.17, 15) is 13.2 Å². The third-order valence-corrected chi connectivity index (χ3v) is 6.31. The fraction of sp³-hybridized carbons (Fsp3) is 0.909. The predicted molar refractivity (Wildman–Crippen MR) is 60.4 cm³/mol. The van der Waals surface area contributed by atoms with E-state index in [2.05, 4.69) is 4.99 Å². The van der Waals surface area contributed by atoms with Crippen LogP contribution in [0.4, 0.5) is 0 Å². The lowest BCUT2D eigenvalue weighted by atomic mass is 9.87. The summed E-state index contributed by atoms with van der Waals surface area (Å²) in [5.74, 6) is 0.933. The average Bonchev–Trinajstić information content (AvgIpc) is 2.76. The molecule has 0 saturated heterocycles. The van der Waals surface area contributed by atoms with Crippen LogP contribution in [0.5, 0.6) is 0 Å². The summed E-state index contributed by atoms with van der Waals surface area (Å²) in [6.45, 7) is 1.46. The minimum absolute atomic E-state index is 0.00381. The summed E-state index contributed by atoms with van der Waals surface area (Å²) < 4.78 is 24.0. The molecule has 0 aromatic rings. The van der Waals surface area contributed by atoms with Crippen LogP contribution < -0.4 is 0 Å². The summed E-state index contributed by atoms with van der Waals surface area (Å²) >= 11 is 0. The van der Waals surface area contributed by atoms with Gasteiger partial charge in [-0.1, -0.05) is 0 Å². The van der Waals surface area contributed by atoms with Crippen molar-refractivity contribution in [1.29, 1.82) is 0 Å². The number of hydrogen-bond donors (Lipinski definition) is 0. The third kappa shape index (κ3) is 2.06. The Morgan fingerprint density at radius 1 is 1.44 bits per heavy atom. The maximum Gasteiger partial charge on any atom is 0.236 e. The molecule has 1 atom stereocenters. The number of hydrogen-bond acceptors (Lipinski definition) is 4. The van der Waals surface area contributed by atoms with Crippen LogP contribution in [0.1, 0.15) is 39.0 Å². The van der Waals surface area contributed by atoms with Gasteiger partial charge in [0.1, 0.15) is 0 Å². The second-order valence-corrected chi connectivity index (χ2v) is 7.57. The van der Waals surface area contributed by atoms with Gasteiger partial charge in [-0.2, -0.15) is 4.99 Å². The second-order valence-electron chi connectivity index (χ2n) is 5.27. The van der Waals surface area contributed by atoms with Crippen molar-refractivity contribution in [3.63, 3.8) is 0 Å². The fourth-order valence-electron chi connectivity index (χ4n) is 3.22. The Morgan fingerprint density at radius 2 is 2.06 bits per heavy atom. The highest BCUT2D eigenvalue weighted by Gasteiger charge is 2.47. The molecule has 0 spiro atoms. The smallest absolute Gasteiger partial charge is 0.227 e. The van der Waals surface area contributed by atoms with E-state index in [1.165, 1.54) is 25.8 Å². The van der Waals surface area contributed by atoms with Crippen LogP contribution in [-0.4, -0.2) is 25.6 Å². The first-order valence-corrected chi connectivity index (χ1v) is 7.48. The molecule has 0 heterocycles. The highest BCUT2D eigenvalue weighted by Crippen LogP contribution is 2.54. The molecule has 2 aliphatic rings. The zero-order valence-corrected chi connectivity index (χ0v) is 10.3. The van der Waals surface area contributed by atoms with Gasteiger partial charge in [0.15, 0.2) is 15.2 Å². The number of nitrogens with zero attached hydrogens (tertiary/aromatic N) is 1. The van der Waals surface area contributed by atoms with Crippen molar-refractivity contribution in [2.75, 3.05) is 5.75 Å². The number of rotatable bonds is 4. The number of aliphatic imine (C=N–C) groups is 1. The first kappa shape index (κ1) is 11.8. The normalized spacial score (nSPS) is 34.7. The highest BCUT2D eigenvalue weighted by molar-refractivity contribution is 7.92. The molecule has 4 nitrogen and oxygen atoms in total. The van der Waals surface area contributed by atoms with Crippen LogP contribution in [-0.2, 0) is 14.6 Å². The highest BCUT2D eigenvalue weighted by atomic mass is 32.2. The Balaban J connectivity index is 2.12. The molecule has 2 aliphatic carbocycles. The summed E-state index contributed by atoms with van der Waals surface area (Å²) in [5.41, 5.74) is -0.00381. The Hall–Kier alpha value is -0.670. The summed E-state index contributed by atoms with van der Waals surface area (Å²) in [4.78, 5) is 13.4. The minimum Gasteiger partial charge on any atom is -0.227 e. The molecule has 90 valence electrons. The topological polar surface area (TPSA) is 63.6 Å². The third-order valence-electron chi connectivity index (χ3n) is 4.15. The van der Waals surface area contributed by atoms with Crippen LogP contribution in [0, 0.1) is 11.3 Å². The molecule has 2 fully saturated rings. The largest absolute Gasteiger partial charge is 0.236 e. The van der Waals surface area contributed by atoms with E-state index in [4.69, 9.17) is 0 Å². The molecule has 2 rings (SSSR count). The van der Waals surface area contributed by atoms with Crippen molar-refractivity contribution in [2.45, 2.75) is 44.4 Å². The number of isocyanates is 1. The maximum atomic E-state index is 12.0. The van der Waals surface area contributed by atoms with Gasteiger partial charge in [-0.25, -0.2) is 13.2 Å². The predicted octanol–water partition coefficient (Wildman–Crippen LogP) is 1.66. The molecule has 0 aromatic carbocycles. The molecule has 16 heavy (non-hydrogen) atoms. The number of sulfone groups is 1. The zero-order valence-electron chi connectivity index (χ0n) is 9.48. The number of fused-ring (bicyclic) bond motifs is 2. The average molecular weight is 243 g/mol. The number of carbonyl (C=O) groups excluding carboxylic acids is 1. The summed E-state index contributed by atoms with van der Waals surface area (Å²) in [5, 5.41) is -0.931. The van der Waals surface area contributed by atoms with E-state index in [1.54, 1.807) is 0 Å². The molecule has 0 radical (unpaired) electrons. The molecule has 2 saturated carbocycles. The Morgan fingerprint density at radius 3 is 2.50 bits per heavy atom. The van der Waals surface area contributed by atoms with Crippen molar-refractivity contribution in [3.8, 4) is 0 Å². The van der Waals surface area contributed by atoms with Crippen LogP contribution in [0.15, 0.2) is 4.99 Å². The van der Waals surface area contributed by atoms with Gasteiger partial charge < -0.3 is 0 Å². The van der Waals surface area contributed by atoms with E-state index in [0.29, 0.717) is 0 Å². The second kappa shape index (κ2) is 3.97. The van der Waals surface area contributed by atoms with E-state index >= 15 is 0 Å². The molecule has 0 aliphatic heterocycles. The van der Waals surface area contributed by atoms with Crippen molar-refractivity contribution in [3.05, 3.63) is 0 Å². The van der Waals surface area contributed by atoms with E-state index in [0.717, 1.165) is 25.2 Å². The van der Waals surface area contributed by atoms with E-state index in [1.807, 2.05) is 0 Å². The van der Waals surface area contributed by atoms with Crippen molar-refractivity contribution >= 4 is 15.9 Å². The molecule has 5 heteroatoms. The summed E-state index contributed by atoms with van der Waals surface area (Å²) in [6.07, 6.45) is 6.76.